The molecule has 25 heavy (non-hydrogen) atoms. The van der Waals surface area contributed by atoms with Gasteiger partial charge in [0.15, 0.2) is 11.5 Å². The molecule has 0 aliphatic carbocycles. The standard InChI is InChI=1S/C18H18F2O5/c1-3-23-14-7-5-4-6-13(14)17(21)24-11-12-8-9-15(25-18(19)20)16(10-12)22-2/h4-10,18H,3,11H2,1-2H3. The molecule has 0 radical (unpaired) electrons. The number of hydrogen-bond donors (Lipinski definition) is 0. The number of halogens is 2. The molecule has 0 heterocycles. The van der Waals surface area contributed by atoms with Crippen molar-refractivity contribution in [1.82, 2.24) is 0 Å². The van der Waals surface area contributed by atoms with E-state index in [1.54, 1.807) is 24.3 Å². The summed E-state index contributed by atoms with van der Waals surface area (Å²) in [6.45, 7) is -0.762. The Labute approximate surface area is 144 Å². The zero-order valence-corrected chi connectivity index (χ0v) is 13.8. The van der Waals surface area contributed by atoms with E-state index in [0.29, 0.717) is 23.5 Å². The maximum absolute atomic E-state index is 12.3. The summed E-state index contributed by atoms with van der Waals surface area (Å²) in [6.07, 6.45) is 0. The molecule has 7 heteroatoms. The van der Waals surface area contributed by atoms with E-state index in [4.69, 9.17) is 14.2 Å². The van der Waals surface area contributed by atoms with E-state index in [2.05, 4.69) is 4.74 Å². The summed E-state index contributed by atoms with van der Waals surface area (Å²) in [5.41, 5.74) is 0.884. The van der Waals surface area contributed by atoms with Gasteiger partial charge in [0.2, 0.25) is 0 Å². The highest BCUT2D eigenvalue weighted by Gasteiger charge is 2.15. The van der Waals surface area contributed by atoms with E-state index in [0.717, 1.165) is 0 Å². The van der Waals surface area contributed by atoms with Crippen molar-refractivity contribution in [2.75, 3.05) is 13.7 Å². The van der Waals surface area contributed by atoms with Crippen LogP contribution < -0.4 is 14.2 Å². The van der Waals surface area contributed by atoms with Crippen molar-refractivity contribution < 1.29 is 32.5 Å². The number of esters is 1. The Morgan fingerprint density at radius 2 is 1.84 bits per heavy atom. The fourth-order valence-corrected chi connectivity index (χ4v) is 2.14. The normalized spacial score (nSPS) is 10.4. The van der Waals surface area contributed by atoms with Crippen LogP contribution in [0.5, 0.6) is 17.2 Å². The zero-order valence-electron chi connectivity index (χ0n) is 13.8. The molecule has 0 fully saturated rings. The monoisotopic (exact) mass is 352 g/mol. The number of methoxy groups -OCH3 is 1. The van der Waals surface area contributed by atoms with Gasteiger partial charge in [-0.25, -0.2) is 4.79 Å². The molecule has 5 nitrogen and oxygen atoms in total. The van der Waals surface area contributed by atoms with Crippen LogP contribution in [0, 0.1) is 0 Å². The predicted molar refractivity (Wildman–Crippen MR) is 86.4 cm³/mol. The molecule has 0 atom stereocenters. The van der Waals surface area contributed by atoms with E-state index in [9.17, 15) is 13.6 Å². The minimum absolute atomic E-state index is 0.0510. The van der Waals surface area contributed by atoms with Crippen LogP contribution in [-0.4, -0.2) is 26.3 Å². The molecular weight excluding hydrogens is 334 g/mol. The molecule has 0 aliphatic heterocycles. The summed E-state index contributed by atoms with van der Waals surface area (Å²) in [7, 11) is 1.34. The number of para-hydroxylation sites is 1. The quantitative estimate of drug-likeness (QED) is 0.671. The lowest BCUT2D eigenvalue weighted by atomic mass is 10.2. The number of ether oxygens (including phenoxy) is 4. The van der Waals surface area contributed by atoms with Crippen LogP contribution in [0.1, 0.15) is 22.8 Å². The lowest BCUT2D eigenvalue weighted by Gasteiger charge is -2.12. The number of benzene rings is 2. The van der Waals surface area contributed by atoms with Gasteiger partial charge in [0.25, 0.3) is 0 Å². The van der Waals surface area contributed by atoms with Crippen LogP contribution in [0.4, 0.5) is 8.78 Å². The van der Waals surface area contributed by atoms with Gasteiger partial charge in [0.05, 0.1) is 13.7 Å². The minimum atomic E-state index is -2.95. The van der Waals surface area contributed by atoms with E-state index < -0.39 is 12.6 Å². The second kappa shape index (κ2) is 8.86. The van der Waals surface area contributed by atoms with Gasteiger partial charge in [-0.3, -0.25) is 0 Å². The summed E-state index contributed by atoms with van der Waals surface area (Å²) in [5, 5.41) is 0. The molecular formula is C18H18F2O5. The van der Waals surface area contributed by atoms with Crippen LogP contribution in [0.15, 0.2) is 42.5 Å². The number of carbonyl (C=O) groups is 1. The first-order valence-electron chi connectivity index (χ1n) is 7.55. The van der Waals surface area contributed by atoms with Crippen molar-refractivity contribution in [3.05, 3.63) is 53.6 Å². The fourth-order valence-electron chi connectivity index (χ4n) is 2.14. The summed E-state index contributed by atoms with van der Waals surface area (Å²) in [4.78, 5) is 12.2. The Morgan fingerprint density at radius 1 is 1.08 bits per heavy atom. The van der Waals surface area contributed by atoms with E-state index in [-0.39, 0.29) is 18.1 Å². The highest BCUT2D eigenvalue weighted by molar-refractivity contribution is 5.92. The van der Waals surface area contributed by atoms with Crippen LogP contribution in [0.2, 0.25) is 0 Å². The Balaban J connectivity index is 2.07. The molecule has 0 aliphatic rings. The Kier molecular flexibility index (Phi) is 6.56. The van der Waals surface area contributed by atoms with Crippen LogP contribution in [-0.2, 0) is 11.3 Å². The first-order valence-corrected chi connectivity index (χ1v) is 7.55. The second-order valence-electron chi connectivity index (χ2n) is 4.87. The van der Waals surface area contributed by atoms with Crippen LogP contribution in [0.3, 0.4) is 0 Å². The number of rotatable bonds is 8. The lowest BCUT2D eigenvalue weighted by molar-refractivity contribution is -0.0512. The average molecular weight is 352 g/mol. The molecule has 2 aromatic carbocycles. The van der Waals surface area contributed by atoms with Gasteiger partial charge in [0.1, 0.15) is 17.9 Å². The second-order valence-corrected chi connectivity index (χ2v) is 4.87. The van der Waals surface area contributed by atoms with E-state index in [1.165, 1.54) is 25.3 Å². The Hall–Kier alpha value is -2.83. The van der Waals surface area contributed by atoms with Gasteiger partial charge in [0, 0.05) is 0 Å². The van der Waals surface area contributed by atoms with Gasteiger partial charge >= 0.3 is 12.6 Å². The fraction of sp³-hybridized carbons (Fsp3) is 0.278. The summed E-state index contributed by atoms with van der Waals surface area (Å²) < 4.78 is 44.6. The van der Waals surface area contributed by atoms with Crippen molar-refractivity contribution in [3.63, 3.8) is 0 Å². The molecule has 0 saturated heterocycles. The van der Waals surface area contributed by atoms with Crippen LogP contribution in [0.25, 0.3) is 0 Å². The molecule has 2 rings (SSSR count). The average Bonchev–Trinajstić information content (AvgIpc) is 2.61. The van der Waals surface area contributed by atoms with Gasteiger partial charge in [-0.05, 0) is 36.8 Å². The van der Waals surface area contributed by atoms with Crippen molar-refractivity contribution in [3.8, 4) is 17.2 Å². The number of hydrogen-bond acceptors (Lipinski definition) is 5. The molecule has 2 aromatic rings. The first-order chi connectivity index (χ1) is 12.0. The molecule has 0 unspecified atom stereocenters. The van der Waals surface area contributed by atoms with Gasteiger partial charge in [-0.2, -0.15) is 8.78 Å². The third kappa shape index (κ3) is 5.07. The number of carbonyl (C=O) groups excluding carboxylic acids is 1. The Bertz CT molecular complexity index is 718. The topological polar surface area (TPSA) is 54.0 Å². The molecule has 0 spiro atoms. The van der Waals surface area contributed by atoms with Gasteiger partial charge < -0.3 is 18.9 Å². The third-order valence-electron chi connectivity index (χ3n) is 3.22. The van der Waals surface area contributed by atoms with E-state index >= 15 is 0 Å². The summed E-state index contributed by atoms with van der Waals surface area (Å²) in [5.74, 6) is -0.0676. The minimum Gasteiger partial charge on any atom is -0.493 e. The molecule has 0 amide bonds. The summed E-state index contributed by atoms with van der Waals surface area (Å²) in [6, 6.07) is 11.1. The maximum Gasteiger partial charge on any atom is 0.387 e. The molecule has 0 saturated carbocycles. The Morgan fingerprint density at radius 3 is 2.52 bits per heavy atom. The summed E-state index contributed by atoms with van der Waals surface area (Å²) >= 11 is 0. The SMILES string of the molecule is CCOc1ccccc1C(=O)OCc1ccc(OC(F)F)c(OC)c1. The van der Waals surface area contributed by atoms with Gasteiger partial charge in [-0.15, -0.1) is 0 Å². The third-order valence-corrected chi connectivity index (χ3v) is 3.22. The molecule has 0 N–H and O–H groups in total. The smallest absolute Gasteiger partial charge is 0.387 e. The number of alkyl halides is 2. The maximum atomic E-state index is 12.3. The van der Waals surface area contributed by atoms with Crippen molar-refractivity contribution >= 4 is 5.97 Å². The van der Waals surface area contributed by atoms with E-state index in [1.807, 2.05) is 6.92 Å². The highest BCUT2D eigenvalue weighted by Crippen LogP contribution is 2.30. The van der Waals surface area contributed by atoms with Crippen molar-refractivity contribution in [2.24, 2.45) is 0 Å². The molecule has 0 bridgehead atoms. The molecule has 0 aromatic heterocycles. The van der Waals surface area contributed by atoms with Crippen LogP contribution >= 0.6 is 0 Å². The molecule has 134 valence electrons. The van der Waals surface area contributed by atoms with Gasteiger partial charge in [-0.1, -0.05) is 18.2 Å². The predicted octanol–water partition coefficient (Wildman–Crippen LogP) is 4.05. The van der Waals surface area contributed by atoms with Crippen molar-refractivity contribution in [1.29, 1.82) is 0 Å². The van der Waals surface area contributed by atoms with Crippen molar-refractivity contribution in [2.45, 2.75) is 20.1 Å². The highest BCUT2D eigenvalue weighted by atomic mass is 19.3. The zero-order chi connectivity index (χ0) is 18.2. The largest absolute Gasteiger partial charge is 0.493 e. The lowest BCUT2D eigenvalue weighted by Crippen LogP contribution is -2.08. The first kappa shape index (κ1) is 18.5.